The van der Waals surface area contributed by atoms with Crippen molar-refractivity contribution in [3.8, 4) is 0 Å². The Hall–Kier alpha value is -0.380. The molecule has 3 heteroatoms. The third-order valence-electron chi connectivity index (χ3n) is 2.84. The zero-order valence-electron chi connectivity index (χ0n) is 7.91. The van der Waals surface area contributed by atoms with Gasteiger partial charge in [-0.25, -0.2) is 0 Å². The molecule has 2 aliphatic heterocycles. The summed E-state index contributed by atoms with van der Waals surface area (Å²) in [4.78, 5) is 2.27. The molecule has 1 saturated heterocycles. The molecule has 74 valence electrons. The largest absolute Gasteiger partial charge is 0.388 e. The Balaban J connectivity index is 1.84. The Morgan fingerprint density at radius 3 is 2.46 bits per heavy atom. The van der Waals surface area contributed by atoms with Crippen LogP contribution in [0, 0.1) is 0 Å². The zero-order valence-corrected chi connectivity index (χ0v) is 7.91. The number of aliphatic hydroxyl groups is 1. The Bertz CT molecular complexity index is 189. The van der Waals surface area contributed by atoms with E-state index in [1.54, 1.807) is 0 Å². The molecule has 0 unspecified atom stereocenters. The maximum absolute atomic E-state index is 10.2. The number of nitrogens with zero attached hydrogens (tertiary/aromatic N) is 1. The Morgan fingerprint density at radius 1 is 1.23 bits per heavy atom. The molecule has 1 N–H and O–H groups in total. The summed E-state index contributed by atoms with van der Waals surface area (Å²) in [5.74, 6) is 0. The van der Waals surface area contributed by atoms with E-state index in [4.69, 9.17) is 4.74 Å². The van der Waals surface area contributed by atoms with Crippen LogP contribution in [-0.2, 0) is 4.74 Å². The van der Waals surface area contributed by atoms with E-state index in [0.29, 0.717) is 13.2 Å². The Kier molecular flexibility index (Phi) is 2.67. The molecule has 0 aromatic rings. The van der Waals surface area contributed by atoms with Crippen LogP contribution in [0.2, 0.25) is 0 Å². The van der Waals surface area contributed by atoms with Crippen LogP contribution in [0.1, 0.15) is 12.8 Å². The molecule has 0 aliphatic carbocycles. The molecule has 0 radical (unpaired) electrons. The van der Waals surface area contributed by atoms with Crippen LogP contribution < -0.4 is 0 Å². The van der Waals surface area contributed by atoms with Crippen LogP contribution in [0.25, 0.3) is 0 Å². The number of rotatable bonds is 2. The van der Waals surface area contributed by atoms with Gasteiger partial charge in [0, 0.05) is 45.7 Å². The average molecular weight is 183 g/mol. The van der Waals surface area contributed by atoms with Crippen LogP contribution in [-0.4, -0.2) is 48.5 Å². The minimum absolute atomic E-state index is 0.496. The third kappa shape index (κ3) is 2.30. The lowest BCUT2D eigenvalue weighted by atomic mass is 9.94. The van der Waals surface area contributed by atoms with Gasteiger partial charge >= 0.3 is 0 Å². The van der Waals surface area contributed by atoms with Gasteiger partial charge in [0.15, 0.2) is 0 Å². The molecule has 2 heterocycles. The van der Waals surface area contributed by atoms with Crippen molar-refractivity contribution in [2.45, 2.75) is 18.4 Å². The molecule has 1 fully saturated rings. The predicted octanol–water partition coefficient (Wildman–Crippen LogP) is 0.400. The summed E-state index contributed by atoms with van der Waals surface area (Å²) in [5.41, 5.74) is -0.496. The first kappa shape index (κ1) is 9.19. The van der Waals surface area contributed by atoms with E-state index >= 15 is 0 Å². The maximum Gasteiger partial charge on any atom is 0.0818 e. The summed E-state index contributed by atoms with van der Waals surface area (Å²) in [6, 6.07) is 0. The second kappa shape index (κ2) is 3.78. The monoisotopic (exact) mass is 183 g/mol. The fraction of sp³-hybridized carbons (Fsp3) is 0.800. The highest BCUT2D eigenvalue weighted by Crippen LogP contribution is 2.22. The van der Waals surface area contributed by atoms with Crippen molar-refractivity contribution in [1.82, 2.24) is 4.90 Å². The highest BCUT2D eigenvalue weighted by Gasteiger charge is 2.31. The van der Waals surface area contributed by atoms with Gasteiger partial charge in [-0.15, -0.1) is 0 Å². The predicted molar refractivity (Wildman–Crippen MR) is 50.6 cm³/mol. The fourth-order valence-electron chi connectivity index (χ4n) is 1.98. The molecule has 0 spiro atoms. The van der Waals surface area contributed by atoms with Crippen molar-refractivity contribution in [3.63, 3.8) is 0 Å². The molecular formula is C10H17NO2. The number of hydrogen-bond acceptors (Lipinski definition) is 3. The zero-order chi connectivity index (χ0) is 9.15. The molecular weight excluding hydrogens is 166 g/mol. The first-order chi connectivity index (χ1) is 6.29. The molecule has 0 bridgehead atoms. The minimum Gasteiger partial charge on any atom is -0.388 e. The smallest absolute Gasteiger partial charge is 0.0818 e. The second-order valence-electron chi connectivity index (χ2n) is 4.00. The van der Waals surface area contributed by atoms with E-state index < -0.39 is 5.60 Å². The highest BCUT2D eigenvalue weighted by molar-refractivity contribution is 4.98. The lowest BCUT2D eigenvalue weighted by Crippen LogP contribution is -2.46. The van der Waals surface area contributed by atoms with Gasteiger partial charge in [0.2, 0.25) is 0 Å². The molecule has 13 heavy (non-hydrogen) atoms. The molecule has 0 amide bonds. The van der Waals surface area contributed by atoms with E-state index in [9.17, 15) is 5.11 Å². The lowest BCUT2D eigenvalue weighted by molar-refractivity contribution is -0.0766. The third-order valence-corrected chi connectivity index (χ3v) is 2.84. The quantitative estimate of drug-likeness (QED) is 0.629. The summed E-state index contributed by atoms with van der Waals surface area (Å²) in [5, 5.41) is 10.2. The van der Waals surface area contributed by atoms with Gasteiger partial charge in [0.1, 0.15) is 0 Å². The standard InChI is InChI=1S/C10H17NO2/c12-10(3-7-13-8-4-10)9-11-5-1-2-6-11/h1-2,12H,3-9H2. The molecule has 0 aromatic heterocycles. The van der Waals surface area contributed by atoms with Gasteiger partial charge < -0.3 is 9.84 Å². The first-order valence-corrected chi connectivity index (χ1v) is 4.96. The summed E-state index contributed by atoms with van der Waals surface area (Å²) in [6.45, 7) is 4.19. The number of β-amino-alcohol motifs (C(OH)–C–C–N with tert-alkyl or cyclic N) is 1. The SMILES string of the molecule is OC1(CN2CC=CC2)CCOCC1. The van der Waals surface area contributed by atoms with Crippen molar-refractivity contribution in [3.05, 3.63) is 12.2 Å². The number of ether oxygens (including phenoxy) is 1. The van der Waals surface area contributed by atoms with Gasteiger partial charge in [-0.3, -0.25) is 4.90 Å². The van der Waals surface area contributed by atoms with Crippen LogP contribution in [0.5, 0.6) is 0 Å². The molecule has 2 aliphatic rings. The summed E-state index contributed by atoms with van der Waals surface area (Å²) < 4.78 is 5.24. The van der Waals surface area contributed by atoms with E-state index in [2.05, 4.69) is 17.1 Å². The van der Waals surface area contributed by atoms with Gasteiger partial charge in [-0.05, 0) is 0 Å². The van der Waals surface area contributed by atoms with Crippen molar-refractivity contribution in [2.24, 2.45) is 0 Å². The summed E-state index contributed by atoms with van der Waals surface area (Å²) in [6.07, 6.45) is 5.87. The van der Waals surface area contributed by atoms with Crippen LogP contribution in [0.15, 0.2) is 12.2 Å². The molecule has 2 rings (SSSR count). The Morgan fingerprint density at radius 2 is 1.85 bits per heavy atom. The van der Waals surface area contributed by atoms with Gasteiger partial charge in [0.05, 0.1) is 5.60 Å². The first-order valence-electron chi connectivity index (χ1n) is 4.96. The van der Waals surface area contributed by atoms with E-state index in [1.807, 2.05) is 0 Å². The Labute approximate surface area is 79.0 Å². The topological polar surface area (TPSA) is 32.7 Å². The maximum atomic E-state index is 10.2. The lowest BCUT2D eigenvalue weighted by Gasteiger charge is -2.35. The highest BCUT2D eigenvalue weighted by atomic mass is 16.5. The molecule has 0 saturated carbocycles. The van der Waals surface area contributed by atoms with Crippen LogP contribution in [0.4, 0.5) is 0 Å². The summed E-state index contributed by atoms with van der Waals surface area (Å²) >= 11 is 0. The van der Waals surface area contributed by atoms with Crippen LogP contribution in [0.3, 0.4) is 0 Å². The molecule has 0 aromatic carbocycles. The van der Waals surface area contributed by atoms with E-state index in [-0.39, 0.29) is 0 Å². The van der Waals surface area contributed by atoms with E-state index in [0.717, 1.165) is 32.5 Å². The molecule has 3 nitrogen and oxygen atoms in total. The van der Waals surface area contributed by atoms with Crippen molar-refractivity contribution in [1.29, 1.82) is 0 Å². The normalized spacial score (nSPS) is 28.1. The van der Waals surface area contributed by atoms with E-state index in [1.165, 1.54) is 0 Å². The van der Waals surface area contributed by atoms with Gasteiger partial charge in [-0.2, -0.15) is 0 Å². The van der Waals surface area contributed by atoms with Gasteiger partial charge in [-0.1, -0.05) is 12.2 Å². The van der Waals surface area contributed by atoms with Crippen molar-refractivity contribution >= 4 is 0 Å². The second-order valence-corrected chi connectivity index (χ2v) is 4.00. The number of hydrogen-bond donors (Lipinski definition) is 1. The van der Waals surface area contributed by atoms with Gasteiger partial charge in [0.25, 0.3) is 0 Å². The fourth-order valence-corrected chi connectivity index (χ4v) is 1.98. The average Bonchev–Trinajstić information content (AvgIpc) is 2.57. The minimum atomic E-state index is -0.496. The van der Waals surface area contributed by atoms with Crippen molar-refractivity contribution in [2.75, 3.05) is 32.8 Å². The van der Waals surface area contributed by atoms with Crippen molar-refractivity contribution < 1.29 is 9.84 Å². The summed E-state index contributed by atoms with van der Waals surface area (Å²) in [7, 11) is 0. The molecule has 0 atom stereocenters. The van der Waals surface area contributed by atoms with Crippen LogP contribution >= 0.6 is 0 Å².